The number of thiazole rings is 1. The molecule has 0 spiro atoms. The van der Waals surface area contributed by atoms with Gasteiger partial charge in [0.1, 0.15) is 5.01 Å². The van der Waals surface area contributed by atoms with Gasteiger partial charge in [0.25, 0.3) is 0 Å². The van der Waals surface area contributed by atoms with Gasteiger partial charge in [0.2, 0.25) is 0 Å². The zero-order valence-corrected chi connectivity index (χ0v) is 11.3. The fraction of sp³-hybridized carbons (Fsp3) is 0.500. The van der Waals surface area contributed by atoms with Crippen molar-refractivity contribution < 1.29 is 0 Å². The van der Waals surface area contributed by atoms with E-state index in [4.69, 9.17) is 0 Å². The molecular formula is C12H18N4S. The molecule has 0 aromatic carbocycles. The van der Waals surface area contributed by atoms with Crippen LogP contribution in [0.3, 0.4) is 0 Å². The molecule has 0 saturated heterocycles. The Bertz CT molecular complexity index is 486. The first-order chi connectivity index (χ1) is 8.19. The quantitative estimate of drug-likeness (QED) is 0.883. The summed E-state index contributed by atoms with van der Waals surface area (Å²) in [5, 5.41) is 8.98. The highest BCUT2D eigenvalue weighted by Crippen LogP contribution is 2.11. The molecule has 1 N–H and O–H groups in total. The summed E-state index contributed by atoms with van der Waals surface area (Å²) in [5.74, 6) is 0. The van der Waals surface area contributed by atoms with E-state index in [1.165, 1.54) is 16.1 Å². The van der Waals surface area contributed by atoms with Gasteiger partial charge in [0.15, 0.2) is 0 Å². The number of rotatable bonds is 5. The van der Waals surface area contributed by atoms with Gasteiger partial charge in [-0.1, -0.05) is 6.92 Å². The number of aryl methyl sites for hydroxylation is 3. The van der Waals surface area contributed by atoms with E-state index < -0.39 is 0 Å². The number of hydrogen-bond acceptors (Lipinski definition) is 4. The maximum atomic E-state index is 4.42. The summed E-state index contributed by atoms with van der Waals surface area (Å²) in [4.78, 5) is 5.59. The van der Waals surface area contributed by atoms with E-state index in [0.29, 0.717) is 0 Å². The van der Waals surface area contributed by atoms with Gasteiger partial charge in [-0.2, -0.15) is 5.10 Å². The molecule has 0 aliphatic rings. The summed E-state index contributed by atoms with van der Waals surface area (Å²) in [6, 6.07) is 0. The lowest BCUT2D eigenvalue weighted by Gasteiger charge is -2.01. The molecule has 2 aromatic heterocycles. The summed E-state index contributed by atoms with van der Waals surface area (Å²) in [5.41, 5.74) is 2.46. The Morgan fingerprint density at radius 3 is 2.88 bits per heavy atom. The Labute approximate surface area is 106 Å². The van der Waals surface area contributed by atoms with Gasteiger partial charge >= 0.3 is 0 Å². The lowest BCUT2D eigenvalue weighted by Crippen LogP contribution is -2.13. The third kappa shape index (κ3) is 3.14. The number of hydrogen-bond donors (Lipinski definition) is 1. The van der Waals surface area contributed by atoms with Gasteiger partial charge in [0, 0.05) is 43.0 Å². The summed E-state index contributed by atoms with van der Waals surface area (Å²) in [6.45, 7) is 5.90. The molecule has 17 heavy (non-hydrogen) atoms. The first-order valence-electron chi connectivity index (χ1n) is 5.82. The maximum Gasteiger partial charge on any atom is 0.107 e. The standard InChI is InChI=1S/C12H18N4S/c1-4-11-10(8-16(3)15-11)6-13-7-12-14-5-9(2)17-12/h5,8,13H,4,6-7H2,1-3H3. The second-order valence-corrected chi connectivity index (χ2v) is 5.42. The molecule has 0 atom stereocenters. The lowest BCUT2D eigenvalue weighted by molar-refractivity contribution is 0.685. The molecule has 2 heterocycles. The normalized spacial score (nSPS) is 11.0. The van der Waals surface area contributed by atoms with Crippen molar-refractivity contribution in [3.8, 4) is 0 Å². The average Bonchev–Trinajstić information content (AvgIpc) is 2.85. The molecule has 5 heteroatoms. The van der Waals surface area contributed by atoms with Crippen LogP contribution in [0, 0.1) is 6.92 Å². The minimum absolute atomic E-state index is 0.830. The van der Waals surface area contributed by atoms with Crippen LogP contribution < -0.4 is 5.32 Å². The second kappa shape index (κ2) is 5.42. The number of aromatic nitrogens is 3. The molecule has 0 fully saturated rings. The number of nitrogens with one attached hydrogen (secondary N) is 1. The predicted molar refractivity (Wildman–Crippen MR) is 70.0 cm³/mol. The molecular weight excluding hydrogens is 232 g/mol. The van der Waals surface area contributed by atoms with Crippen molar-refractivity contribution in [2.75, 3.05) is 0 Å². The third-order valence-electron chi connectivity index (χ3n) is 2.59. The van der Waals surface area contributed by atoms with E-state index in [1.807, 2.05) is 17.9 Å². The first kappa shape index (κ1) is 12.3. The lowest BCUT2D eigenvalue weighted by atomic mass is 10.2. The zero-order valence-electron chi connectivity index (χ0n) is 10.5. The molecule has 0 saturated carbocycles. The van der Waals surface area contributed by atoms with Crippen molar-refractivity contribution in [3.63, 3.8) is 0 Å². The summed E-state index contributed by atoms with van der Waals surface area (Å²) < 4.78 is 1.88. The van der Waals surface area contributed by atoms with Crippen LogP contribution in [0.15, 0.2) is 12.4 Å². The van der Waals surface area contributed by atoms with E-state index in [0.717, 1.165) is 24.5 Å². The zero-order chi connectivity index (χ0) is 12.3. The summed E-state index contributed by atoms with van der Waals surface area (Å²) in [6.07, 6.45) is 4.98. The molecule has 0 aliphatic carbocycles. The van der Waals surface area contributed by atoms with Gasteiger partial charge in [-0.05, 0) is 13.3 Å². The Balaban J connectivity index is 1.89. The van der Waals surface area contributed by atoms with E-state index in [2.05, 4.69) is 35.4 Å². The topological polar surface area (TPSA) is 42.7 Å². The van der Waals surface area contributed by atoms with Crippen molar-refractivity contribution >= 4 is 11.3 Å². The van der Waals surface area contributed by atoms with Crippen LogP contribution in [0.1, 0.15) is 28.1 Å². The van der Waals surface area contributed by atoms with Crippen LogP contribution in [-0.2, 0) is 26.6 Å². The van der Waals surface area contributed by atoms with Crippen LogP contribution in [0.2, 0.25) is 0 Å². The Kier molecular flexibility index (Phi) is 3.91. The van der Waals surface area contributed by atoms with Crippen LogP contribution in [0.25, 0.3) is 0 Å². The van der Waals surface area contributed by atoms with Crippen molar-refractivity contribution in [1.29, 1.82) is 0 Å². The average molecular weight is 250 g/mol. The molecule has 0 aliphatic heterocycles. The molecule has 4 nitrogen and oxygen atoms in total. The Hall–Kier alpha value is -1.20. The second-order valence-electron chi connectivity index (χ2n) is 4.10. The Morgan fingerprint density at radius 1 is 1.41 bits per heavy atom. The Morgan fingerprint density at radius 2 is 2.24 bits per heavy atom. The van der Waals surface area contributed by atoms with Crippen LogP contribution in [-0.4, -0.2) is 14.8 Å². The predicted octanol–water partition coefficient (Wildman–Crippen LogP) is 2.04. The summed E-state index contributed by atoms with van der Waals surface area (Å²) >= 11 is 1.74. The number of nitrogens with zero attached hydrogens (tertiary/aromatic N) is 3. The van der Waals surface area contributed by atoms with Gasteiger partial charge in [0.05, 0.1) is 5.69 Å². The molecule has 0 bridgehead atoms. The molecule has 92 valence electrons. The highest BCUT2D eigenvalue weighted by molar-refractivity contribution is 7.11. The molecule has 0 radical (unpaired) electrons. The van der Waals surface area contributed by atoms with E-state index in [-0.39, 0.29) is 0 Å². The van der Waals surface area contributed by atoms with Gasteiger partial charge < -0.3 is 5.32 Å². The highest BCUT2D eigenvalue weighted by atomic mass is 32.1. The van der Waals surface area contributed by atoms with Crippen molar-refractivity contribution in [3.05, 3.63) is 33.5 Å². The fourth-order valence-electron chi connectivity index (χ4n) is 1.82. The van der Waals surface area contributed by atoms with Crippen molar-refractivity contribution in [2.45, 2.75) is 33.4 Å². The molecule has 0 unspecified atom stereocenters. The van der Waals surface area contributed by atoms with Crippen LogP contribution >= 0.6 is 11.3 Å². The largest absolute Gasteiger partial charge is 0.306 e. The minimum atomic E-state index is 0.830. The van der Waals surface area contributed by atoms with Crippen molar-refractivity contribution in [1.82, 2.24) is 20.1 Å². The minimum Gasteiger partial charge on any atom is -0.306 e. The van der Waals surface area contributed by atoms with Crippen LogP contribution in [0.5, 0.6) is 0 Å². The van der Waals surface area contributed by atoms with E-state index in [1.54, 1.807) is 11.3 Å². The monoisotopic (exact) mass is 250 g/mol. The maximum absolute atomic E-state index is 4.42. The van der Waals surface area contributed by atoms with Crippen LogP contribution in [0.4, 0.5) is 0 Å². The van der Waals surface area contributed by atoms with Gasteiger partial charge in [-0.3, -0.25) is 4.68 Å². The SMILES string of the molecule is CCc1nn(C)cc1CNCc1ncc(C)s1. The van der Waals surface area contributed by atoms with E-state index >= 15 is 0 Å². The highest BCUT2D eigenvalue weighted by Gasteiger charge is 2.05. The molecule has 2 aromatic rings. The fourth-order valence-corrected chi connectivity index (χ4v) is 2.57. The smallest absolute Gasteiger partial charge is 0.107 e. The van der Waals surface area contributed by atoms with E-state index in [9.17, 15) is 0 Å². The summed E-state index contributed by atoms with van der Waals surface area (Å²) in [7, 11) is 1.97. The van der Waals surface area contributed by atoms with Crippen molar-refractivity contribution in [2.24, 2.45) is 7.05 Å². The molecule has 0 amide bonds. The molecule has 2 rings (SSSR count). The first-order valence-corrected chi connectivity index (χ1v) is 6.64. The third-order valence-corrected chi connectivity index (χ3v) is 3.50. The van der Waals surface area contributed by atoms with Gasteiger partial charge in [-0.15, -0.1) is 11.3 Å². The van der Waals surface area contributed by atoms with Gasteiger partial charge in [-0.25, -0.2) is 4.98 Å².